The van der Waals surface area contributed by atoms with Crippen LogP contribution in [-0.2, 0) is 13.6 Å². The second-order valence-electron chi connectivity index (χ2n) is 5.60. The molecule has 0 fully saturated rings. The fourth-order valence-electron chi connectivity index (χ4n) is 2.38. The summed E-state index contributed by atoms with van der Waals surface area (Å²) in [6, 6.07) is 10.7. The zero-order valence-corrected chi connectivity index (χ0v) is 14.9. The number of hydrogen-bond acceptors (Lipinski definition) is 5. The second-order valence-corrected chi connectivity index (χ2v) is 6.61. The summed E-state index contributed by atoms with van der Waals surface area (Å²) in [5.41, 5.74) is 3.52. The van der Waals surface area contributed by atoms with Crippen LogP contribution < -0.4 is 15.8 Å². The van der Waals surface area contributed by atoms with E-state index in [-0.39, 0.29) is 11.3 Å². The molecule has 0 unspecified atom stereocenters. The maximum absolute atomic E-state index is 12.3. The molecule has 0 saturated heterocycles. The van der Waals surface area contributed by atoms with Gasteiger partial charge in [-0.25, -0.2) is 10.1 Å². The van der Waals surface area contributed by atoms with Crippen LogP contribution in [0.5, 0.6) is 0 Å². The Morgan fingerprint density at radius 3 is 2.84 bits per heavy atom. The van der Waals surface area contributed by atoms with Gasteiger partial charge in [0, 0.05) is 19.7 Å². The molecule has 3 aromatic rings. The first kappa shape index (κ1) is 17.1. The summed E-state index contributed by atoms with van der Waals surface area (Å²) in [5, 5.41) is 8.30. The largest absolute Gasteiger partial charge is 0.318 e. The third-order valence-electron chi connectivity index (χ3n) is 3.79. The molecule has 0 aliphatic rings. The number of nitrogens with zero attached hydrogens (tertiary/aromatic N) is 4. The van der Waals surface area contributed by atoms with Crippen molar-refractivity contribution in [2.75, 3.05) is 0 Å². The average molecular weight is 357 g/mol. The van der Waals surface area contributed by atoms with Gasteiger partial charge < -0.3 is 4.57 Å². The predicted molar refractivity (Wildman–Crippen MR) is 97.2 cm³/mol. The van der Waals surface area contributed by atoms with Crippen LogP contribution in [0.25, 0.3) is 10.2 Å². The molecular weight excluding hydrogens is 338 g/mol. The first-order chi connectivity index (χ1) is 12.1. The van der Waals surface area contributed by atoms with Gasteiger partial charge in [-0.3, -0.25) is 9.59 Å². The van der Waals surface area contributed by atoms with E-state index in [1.54, 1.807) is 0 Å². The van der Waals surface area contributed by atoms with Crippen molar-refractivity contribution in [1.29, 1.82) is 0 Å². The molecule has 1 aromatic carbocycles. The Kier molecular flexibility index (Phi) is 5.08. The van der Waals surface area contributed by atoms with Crippen molar-refractivity contribution in [3.8, 4) is 0 Å². The van der Waals surface area contributed by atoms with Gasteiger partial charge in [0.05, 0.1) is 10.2 Å². The number of amides is 1. The van der Waals surface area contributed by atoms with E-state index in [9.17, 15) is 9.59 Å². The number of hydrogen-bond donors (Lipinski definition) is 1. The van der Waals surface area contributed by atoms with E-state index in [1.165, 1.54) is 28.2 Å². The summed E-state index contributed by atoms with van der Waals surface area (Å²) in [6.45, 7) is 2.53. The van der Waals surface area contributed by atoms with E-state index in [2.05, 4.69) is 15.6 Å². The minimum Gasteiger partial charge on any atom is -0.318 e. The Bertz CT molecular complexity index is 1030. The lowest BCUT2D eigenvalue weighted by Gasteiger charge is -2.05. The van der Waals surface area contributed by atoms with E-state index < -0.39 is 5.91 Å². The van der Waals surface area contributed by atoms with Crippen molar-refractivity contribution < 1.29 is 4.79 Å². The van der Waals surface area contributed by atoms with Gasteiger partial charge in [0.1, 0.15) is 0 Å². The van der Waals surface area contributed by atoms with Crippen LogP contribution >= 0.6 is 11.3 Å². The number of rotatable bonds is 5. The fraction of sp³-hybridized carbons (Fsp3) is 0.294. The maximum Gasteiger partial charge on any atom is 0.291 e. The molecule has 2 aromatic heterocycles. The molecule has 0 spiro atoms. The molecule has 2 heterocycles. The lowest BCUT2D eigenvalue weighted by Crippen LogP contribution is -2.29. The molecule has 0 atom stereocenters. The number of carbonyl (C=O) groups excluding carboxylic acids is 1. The van der Waals surface area contributed by atoms with Gasteiger partial charge in [-0.05, 0) is 24.6 Å². The van der Waals surface area contributed by atoms with Crippen LogP contribution in [0.4, 0.5) is 0 Å². The minimum atomic E-state index is -0.442. The lowest BCUT2D eigenvalue weighted by atomic mass is 10.3. The number of carbonyl (C=O) groups is 1. The van der Waals surface area contributed by atoms with Crippen LogP contribution in [0, 0.1) is 0 Å². The van der Waals surface area contributed by atoms with Gasteiger partial charge in [-0.2, -0.15) is 5.10 Å². The summed E-state index contributed by atoms with van der Waals surface area (Å²) >= 11 is 1.48. The van der Waals surface area contributed by atoms with Crippen LogP contribution in [0.15, 0.2) is 46.3 Å². The summed E-state index contributed by atoms with van der Waals surface area (Å²) in [5.74, 6) is -0.442. The van der Waals surface area contributed by atoms with Crippen molar-refractivity contribution in [3.63, 3.8) is 0 Å². The van der Waals surface area contributed by atoms with Crippen molar-refractivity contribution >= 4 is 27.5 Å². The molecule has 130 valence electrons. The molecule has 0 aliphatic heterocycles. The first-order valence-electron chi connectivity index (χ1n) is 8.07. The second kappa shape index (κ2) is 7.43. The van der Waals surface area contributed by atoms with Gasteiger partial charge in [-0.1, -0.05) is 36.8 Å². The zero-order chi connectivity index (χ0) is 17.8. The van der Waals surface area contributed by atoms with Crippen LogP contribution in [-0.4, -0.2) is 20.3 Å². The Balaban J connectivity index is 1.84. The van der Waals surface area contributed by atoms with Crippen LogP contribution in [0.2, 0.25) is 0 Å². The van der Waals surface area contributed by atoms with Gasteiger partial charge in [-0.15, -0.1) is 5.10 Å². The van der Waals surface area contributed by atoms with Crippen molar-refractivity contribution in [3.05, 3.63) is 57.2 Å². The number of unbranched alkanes of at least 4 members (excludes halogenated alkanes) is 1. The highest BCUT2D eigenvalue weighted by atomic mass is 32.1. The number of aromatic nitrogens is 3. The highest BCUT2D eigenvalue weighted by Crippen LogP contribution is 2.14. The highest BCUT2D eigenvalue weighted by Gasteiger charge is 2.09. The monoisotopic (exact) mass is 357 g/mol. The van der Waals surface area contributed by atoms with Crippen LogP contribution in [0.1, 0.15) is 30.3 Å². The molecule has 0 saturated carbocycles. The Morgan fingerprint density at radius 2 is 2.08 bits per heavy atom. The first-order valence-corrected chi connectivity index (χ1v) is 8.88. The average Bonchev–Trinajstić information content (AvgIpc) is 2.95. The Labute approximate surface area is 148 Å². The molecule has 1 amide bonds. The number of para-hydroxylation sites is 1. The molecule has 0 bridgehead atoms. The topological polar surface area (TPSA) is 81.3 Å². The third-order valence-corrected chi connectivity index (χ3v) is 4.90. The normalized spacial score (nSPS) is 11.8. The van der Waals surface area contributed by atoms with E-state index in [4.69, 9.17) is 0 Å². The third kappa shape index (κ3) is 3.69. The van der Waals surface area contributed by atoms with Gasteiger partial charge in [0.2, 0.25) is 4.80 Å². The molecule has 0 aliphatic carbocycles. The smallest absolute Gasteiger partial charge is 0.291 e. The van der Waals surface area contributed by atoms with E-state index in [0.717, 1.165) is 23.1 Å². The zero-order valence-electron chi connectivity index (χ0n) is 14.1. The fourth-order valence-corrected chi connectivity index (χ4v) is 3.36. The summed E-state index contributed by atoms with van der Waals surface area (Å²) < 4.78 is 4.32. The van der Waals surface area contributed by atoms with Gasteiger partial charge >= 0.3 is 0 Å². The predicted octanol–water partition coefficient (Wildman–Crippen LogP) is 1.84. The number of nitrogens with one attached hydrogen (secondary N) is 1. The number of aryl methyl sites for hydroxylation is 2. The molecule has 1 N–H and O–H groups in total. The summed E-state index contributed by atoms with van der Waals surface area (Å²) in [4.78, 5) is 24.7. The van der Waals surface area contributed by atoms with Crippen molar-refractivity contribution in [2.24, 2.45) is 12.1 Å². The molecule has 0 radical (unpaired) electrons. The quantitative estimate of drug-likeness (QED) is 0.708. The SMILES string of the molecule is CCCCn1nc(C(=O)N/N=c2\sc3ccccc3n2C)ccc1=O. The van der Waals surface area contributed by atoms with E-state index in [0.29, 0.717) is 11.3 Å². The van der Waals surface area contributed by atoms with E-state index in [1.807, 2.05) is 42.8 Å². The molecule has 7 nitrogen and oxygen atoms in total. The number of fused-ring (bicyclic) bond motifs is 1. The maximum atomic E-state index is 12.3. The van der Waals surface area contributed by atoms with Gasteiger partial charge in [0.25, 0.3) is 11.5 Å². The van der Waals surface area contributed by atoms with Crippen molar-refractivity contribution in [2.45, 2.75) is 26.3 Å². The Morgan fingerprint density at radius 1 is 1.28 bits per heavy atom. The summed E-state index contributed by atoms with van der Waals surface area (Å²) in [7, 11) is 1.90. The van der Waals surface area contributed by atoms with E-state index >= 15 is 0 Å². The standard InChI is InChI=1S/C17H19N5O2S/c1-3-4-11-22-15(23)10-9-12(20-22)16(24)18-19-17-21(2)13-7-5-6-8-14(13)25-17/h5-10H,3-4,11H2,1-2H3,(H,18,24)/b19-17-. The highest BCUT2D eigenvalue weighted by molar-refractivity contribution is 7.16. The molecule has 3 rings (SSSR count). The lowest BCUT2D eigenvalue weighted by molar-refractivity contribution is 0.0945. The number of benzene rings is 1. The van der Waals surface area contributed by atoms with Gasteiger partial charge in [0.15, 0.2) is 5.69 Å². The van der Waals surface area contributed by atoms with Crippen LogP contribution in [0.3, 0.4) is 0 Å². The Hall–Kier alpha value is -2.74. The minimum absolute atomic E-state index is 0.170. The molecule has 8 heteroatoms. The number of thiazole rings is 1. The van der Waals surface area contributed by atoms with Crippen molar-refractivity contribution in [1.82, 2.24) is 19.8 Å². The molecular formula is C17H19N5O2S. The summed E-state index contributed by atoms with van der Waals surface area (Å²) in [6.07, 6.45) is 1.78. The molecule has 25 heavy (non-hydrogen) atoms.